The molecule has 1 aromatic heterocycles. The minimum absolute atomic E-state index is 0.00400. The molecule has 4 rings (SSSR count). The van der Waals surface area contributed by atoms with Crippen molar-refractivity contribution in [2.75, 3.05) is 0 Å². The largest absolute Gasteiger partial charge is 0.416 e. The lowest BCUT2D eigenvalue weighted by Crippen LogP contribution is -2.11. The van der Waals surface area contributed by atoms with Crippen molar-refractivity contribution in [1.29, 1.82) is 5.26 Å². The van der Waals surface area contributed by atoms with Crippen LogP contribution in [0.3, 0.4) is 0 Å². The molecule has 0 amide bonds. The molecular weight excluding hydrogens is 616 g/mol. The first-order chi connectivity index (χ1) is 20.3. The van der Waals surface area contributed by atoms with E-state index in [1.807, 2.05) is 6.07 Å². The first-order valence-corrected chi connectivity index (χ1v) is 12.0. The predicted molar refractivity (Wildman–Crippen MR) is 135 cm³/mol. The van der Waals surface area contributed by atoms with Crippen LogP contribution in [0.15, 0.2) is 79.0 Å². The molecule has 0 aliphatic rings. The molecule has 14 heteroatoms. The van der Waals surface area contributed by atoms with Crippen LogP contribution >= 0.6 is 0 Å². The maximum Gasteiger partial charge on any atom is 0.416 e. The molecule has 0 unspecified atom stereocenters. The van der Waals surface area contributed by atoms with Crippen LogP contribution in [-0.4, -0.2) is 4.98 Å². The topological polar surface area (TPSA) is 36.7 Å². The van der Waals surface area contributed by atoms with Crippen LogP contribution in [0.25, 0.3) is 34.0 Å². The van der Waals surface area contributed by atoms with Crippen LogP contribution in [0.1, 0.15) is 33.4 Å². The third-order valence-corrected chi connectivity index (χ3v) is 6.22. The molecule has 0 bridgehead atoms. The number of hydrogen-bond acceptors (Lipinski definition) is 2. The number of hydrogen-bond donors (Lipinski definition) is 0. The molecule has 0 saturated carbocycles. The zero-order valence-electron chi connectivity index (χ0n) is 21.5. The number of halogens is 12. The number of pyridine rings is 1. The number of rotatable bonds is 4. The van der Waals surface area contributed by atoms with Gasteiger partial charge in [0.25, 0.3) is 0 Å². The lowest BCUT2D eigenvalue weighted by Gasteiger charge is -2.14. The molecule has 0 N–H and O–H groups in total. The average Bonchev–Trinajstić information content (AvgIpc) is 2.94. The van der Waals surface area contributed by atoms with Gasteiger partial charge in [0.15, 0.2) is 0 Å². The van der Waals surface area contributed by atoms with Gasteiger partial charge >= 0.3 is 24.7 Å². The molecule has 0 aliphatic carbocycles. The van der Waals surface area contributed by atoms with Gasteiger partial charge in [-0.3, -0.25) is 4.98 Å². The molecule has 4 aromatic rings. The normalized spacial score (nSPS) is 13.1. The van der Waals surface area contributed by atoms with Crippen molar-refractivity contribution >= 4 is 11.6 Å². The van der Waals surface area contributed by atoms with E-state index in [0.717, 1.165) is 12.3 Å². The Hall–Kier alpha value is -4.80. The molecule has 2 nitrogen and oxygen atoms in total. The second-order valence-corrected chi connectivity index (χ2v) is 9.31. The Kier molecular flexibility index (Phi) is 8.30. The number of allylic oxidation sites excluding steroid dienone is 1. The van der Waals surface area contributed by atoms with Crippen LogP contribution in [0, 0.1) is 11.3 Å². The van der Waals surface area contributed by atoms with E-state index >= 15 is 0 Å². The maximum absolute atomic E-state index is 13.2. The average molecular weight is 630 g/mol. The van der Waals surface area contributed by atoms with Crippen molar-refractivity contribution in [3.8, 4) is 28.5 Å². The summed E-state index contributed by atoms with van der Waals surface area (Å²) < 4.78 is 158. The Balaban J connectivity index is 1.65. The number of nitrogens with zero attached hydrogens (tertiary/aromatic N) is 2. The van der Waals surface area contributed by atoms with Crippen LogP contribution in [0.2, 0.25) is 0 Å². The molecular formula is C30H14F12N2. The Morgan fingerprint density at radius 3 is 1.34 bits per heavy atom. The summed E-state index contributed by atoms with van der Waals surface area (Å²) in [7, 11) is 0. The molecule has 3 aromatic carbocycles. The van der Waals surface area contributed by atoms with Crippen LogP contribution < -0.4 is 0 Å². The summed E-state index contributed by atoms with van der Waals surface area (Å²) in [4.78, 5) is 3.91. The highest BCUT2D eigenvalue weighted by atomic mass is 19.4. The number of nitriles is 1. The van der Waals surface area contributed by atoms with Gasteiger partial charge in [0, 0.05) is 11.8 Å². The minimum atomic E-state index is -5.06. The Morgan fingerprint density at radius 1 is 0.545 bits per heavy atom. The van der Waals surface area contributed by atoms with Gasteiger partial charge in [-0.2, -0.15) is 57.9 Å². The minimum Gasteiger partial charge on any atom is -0.256 e. The fourth-order valence-corrected chi connectivity index (χ4v) is 4.07. The van der Waals surface area contributed by atoms with Gasteiger partial charge in [0.05, 0.1) is 39.6 Å². The van der Waals surface area contributed by atoms with Crippen LogP contribution in [-0.2, 0) is 24.7 Å². The smallest absolute Gasteiger partial charge is 0.256 e. The summed E-state index contributed by atoms with van der Waals surface area (Å²) in [5.41, 5.74) is -6.73. The second-order valence-electron chi connectivity index (χ2n) is 9.31. The van der Waals surface area contributed by atoms with Crippen LogP contribution in [0.4, 0.5) is 52.7 Å². The van der Waals surface area contributed by atoms with E-state index in [4.69, 9.17) is 0 Å². The van der Waals surface area contributed by atoms with Gasteiger partial charge in [-0.1, -0.05) is 30.3 Å². The van der Waals surface area contributed by atoms with Crippen molar-refractivity contribution in [2.45, 2.75) is 24.7 Å². The highest BCUT2D eigenvalue weighted by molar-refractivity contribution is 5.90. The van der Waals surface area contributed by atoms with Crippen molar-refractivity contribution < 1.29 is 52.7 Å². The predicted octanol–water partition coefficient (Wildman–Crippen LogP) is 10.6. The second kappa shape index (κ2) is 11.4. The Bertz CT molecular complexity index is 1670. The quantitative estimate of drug-likeness (QED) is 0.166. The fraction of sp³-hybridized carbons (Fsp3) is 0.133. The van der Waals surface area contributed by atoms with Gasteiger partial charge in [-0.25, -0.2) is 0 Å². The first-order valence-electron chi connectivity index (χ1n) is 12.0. The molecule has 1 heterocycles. The van der Waals surface area contributed by atoms with Crippen molar-refractivity contribution in [1.82, 2.24) is 4.98 Å². The summed E-state index contributed by atoms with van der Waals surface area (Å²) in [6.45, 7) is 0. The molecule has 0 fully saturated rings. The van der Waals surface area contributed by atoms with Gasteiger partial charge in [0.2, 0.25) is 0 Å². The summed E-state index contributed by atoms with van der Waals surface area (Å²) in [6, 6.07) is 11.4. The van der Waals surface area contributed by atoms with E-state index in [2.05, 4.69) is 4.98 Å². The standard InChI is InChI=1S/C30H14F12N2/c31-27(32,33)22-8-19(9-23(12-22)28(34,35)36)17-2-4-18(5-3-17)21(14-43)7-16-1-6-26(44-15-16)20-10-24(29(37,38)39)13-25(11-20)30(40,41)42/h1-13,15H/b21-7-. The van der Waals surface area contributed by atoms with E-state index in [1.54, 1.807) is 0 Å². The van der Waals surface area contributed by atoms with Crippen molar-refractivity contribution in [3.05, 3.63) is 112 Å². The molecule has 0 spiro atoms. The highest BCUT2D eigenvalue weighted by Crippen LogP contribution is 2.40. The molecule has 0 radical (unpaired) electrons. The first kappa shape index (κ1) is 32.1. The Labute approximate surface area is 240 Å². The number of alkyl halides is 12. The van der Waals surface area contributed by atoms with Gasteiger partial charge < -0.3 is 0 Å². The van der Waals surface area contributed by atoms with Crippen molar-refractivity contribution in [3.63, 3.8) is 0 Å². The summed E-state index contributed by atoms with van der Waals surface area (Å²) in [5, 5.41) is 9.62. The molecule has 0 aliphatic heterocycles. The van der Waals surface area contributed by atoms with E-state index in [1.165, 1.54) is 36.4 Å². The SMILES string of the molecule is N#C/C(=C/c1ccc(-c2cc(C(F)(F)F)cc(C(F)(F)F)c2)nc1)c1ccc(-c2cc(C(F)(F)F)cc(C(F)(F)F)c2)cc1. The molecule has 228 valence electrons. The summed E-state index contributed by atoms with van der Waals surface area (Å²) in [5.74, 6) is 0. The molecule has 44 heavy (non-hydrogen) atoms. The van der Waals surface area contributed by atoms with Crippen LogP contribution in [0.5, 0.6) is 0 Å². The lowest BCUT2D eigenvalue weighted by molar-refractivity contribution is -0.144. The Morgan fingerprint density at radius 2 is 0.977 bits per heavy atom. The van der Waals surface area contributed by atoms with Gasteiger partial charge in [-0.05, 0) is 70.8 Å². The molecule has 0 saturated heterocycles. The lowest BCUT2D eigenvalue weighted by atomic mass is 9.96. The van der Waals surface area contributed by atoms with E-state index in [0.29, 0.717) is 24.3 Å². The third-order valence-electron chi connectivity index (χ3n) is 6.22. The van der Waals surface area contributed by atoms with E-state index < -0.39 is 52.5 Å². The third kappa shape index (κ3) is 7.39. The maximum atomic E-state index is 13.2. The number of aromatic nitrogens is 1. The summed E-state index contributed by atoms with van der Waals surface area (Å²) >= 11 is 0. The van der Waals surface area contributed by atoms with Crippen molar-refractivity contribution in [2.24, 2.45) is 0 Å². The fourth-order valence-electron chi connectivity index (χ4n) is 4.07. The van der Waals surface area contributed by atoms with E-state index in [9.17, 15) is 57.9 Å². The molecule has 0 atom stereocenters. The zero-order valence-corrected chi connectivity index (χ0v) is 21.5. The highest BCUT2D eigenvalue weighted by Gasteiger charge is 2.38. The summed E-state index contributed by atoms with van der Waals surface area (Å²) in [6.07, 6.45) is -17.8. The zero-order chi connectivity index (χ0) is 32.7. The van der Waals surface area contributed by atoms with E-state index in [-0.39, 0.29) is 45.7 Å². The van der Waals surface area contributed by atoms with Gasteiger partial charge in [0.1, 0.15) is 0 Å². The van der Waals surface area contributed by atoms with Gasteiger partial charge in [-0.15, -0.1) is 0 Å². The number of benzene rings is 3. The monoisotopic (exact) mass is 630 g/mol.